The van der Waals surface area contributed by atoms with Crippen LogP contribution in [0.1, 0.15) is 0 Å². The van der Waals surface area contributed by atoms with Gasteiger partial charge in [0.15, 0.2) is 17.5 Å². The van der Waals surface area contributed by atoms with E-state index >= 15 is 0 Å². The highest BCUT2D eigenvalue weighted by Crippen LogP contribution is 2.44. The van der Waals surface area contributed by atoms with Gasteiger partial charge in [-0.25, -0.2) is 19.9 Å². The molecule has 0 bridgehead atoms. The van der Waals surface area contributed by atoms with Crippen LogP contribution in [0, 0.1) is 0 Å². The van der Waals surface area contributed by atoms with Gasteiger partial charge in [0, 0.05) is 47.6 Å². The summed E-state index contributed by atoms with van der Waals surface area (Å²) < 4.78 is 4.91. The molecule has 0 aliphatic rings. The molecule has 0 atom stereocenters. The van der Waals surface area contributed by atoms with Gasteiger partial charge >= 0.3 is 0 Å². The Bertz CT molecular complexity index is 3190. The number of para-hydroxylation sites is 1. The molecule has 11 aromatic rings. The van der Waals surface area contributed by atoms with Crippen LogP contribution in [-0.4, -0.2) is 24.5 Å². The number of thiophene rings is 1. The molecule has 0 fully saturated rings. The lowest BCUT2D eigenvalue weighted by atomic mass is 10.0. The first-order valence-corrected chi connectivity index (χ1v) is 19.5. The second-order valence-corrected chi connectivity index (χ2v) is 14.9. The Kier molecular flexibility index (Phi) is 7.60. The van der Waals surface area contributed by atoms with Gasteiger partial charge < -0.3 is 4.57 Å². The third kappa shape index (κ3) is 5.46. The molecule has 0 aliphatic heterocycles. The highest BCUT2D eigenvalue weighted by molar-refractivity contribution is 7.26. The van der Waals surface area contributed by atoms with Crippen molar-refractivity contribution in [1.29, 1.82) is 0 Å². The number of fused-ring (bicyclic) bond motifs is 6. The van der Waals surface area contributed by atoms with Gasteiger partial charge in [-0.2, -0.15) is 0 Å². The summed E-state index contributed by atoms with van der Waals surface area (Å²) in [4.78, 5) is 20.2. The van der Waals surface area contributed by atoms with E-state index in [9.17, 15) is 0 Å². The van der Waals surface area contributed by atoms with Crippen LogP contribution in [-0.2, 0) is 0 Å². The first-order chi connectivity index (χ1) is 27.7. The third-order valence-corrected chi connectivity index (χ3v) is 11.6. The van der Waals surface area contributed by atoms with Crippen molar-refractivity contribution < 1.29 is 0 Å². The second-order valence-electron chi connectivity index (χ2n) is 13.9. The molecule has 5 nitrogen and oxygen atoms in total. The summed E-state index contributed by atoms with van der Waals surface area (Å²) in [5, 5.41) is 4.92. The van der Waals surface area contributed by atoms with Crippen LogP contribution in [0.15, 0.2) is 188 Å². The van der Waals surface area contributed by atoms with E-state index in [-0.39, 0.29) is 0 Å². The van der Waals surface area contributed by atoms with E-state index in [4.69, 9.17) is 19.9 Å². The minimum atomic E-state index is 0.526. The number of hydrogen-bond donors (Lipinski definition) is 0. The summed E-state index contributed by atoms with van der Waals surface area (Å²) in [5.41, 5.74) is 10.2. The van der Waals surface area contributed by atoms with Gasteiger partial charge in [0.05, 0.1) is 22.4 Å². The summed E-state index contributed by atoms with van der Waals surface area (Å²) in [7, 11) is 0. The van der Waals surface area contributed by atoms with Crippen molar-refractivity contribution in [3.63, 3.8) is 0 Å². The van der Waals surface area contributed by atoms with Gasteiger partial charge in [-0.1, -0.05) is 146 Å². The average Bonchev–Trinajstić information content (AvgIpc) is 3.82. The maximum Gasteiger partial charge on any atom is 0.182 e. The number of pyridine rings is 1. The molecule has 262 valence electrons. The highest BCUT2D eigenvalue weighted by atomic mass is 32.1. The second kappa shape index (κ2) is 13.2. The van der Waals surface area contributed by atoms with Crippen molar-refractivity contribution in [3.8, 4) is 62.4 Å². The molecule has 0 radical (unpaired) electrons. The maximum atomic E-state index is 5.29. The quantitative estimate of drug-likeness (QED) is 0.171. The van der Waals surface area contributed by atoms with Crippen LogP contribution >= 0.6 is 11.3 Å². The molecule has 0 amide bonds. The highest BCUT2D eigenvalue weighted by Gasteiger charge is 2.20. The SMILES string of the molecule is c1ccc(-c2ccc3c4ccccc4n(-c4cc(-c5cccc(-c6nc(-c7ccccc7)nc(-c7ccccc7)n6)n5)cc5sc6ccccc6c45)c3c2)cc1. The number of benzene rings is 7. The Labute approximate surface area is 326 Å². The minimum absolute atomic E-state index is 0.526. The van der Waals surface area contributed by atoms with E-state index in [0.29, 0.717) is 23.2 Å². The lowest BCUT2D eigenvalue weighted by Gasteiger charge is -2.14. The molecular weight excluding hydrogens is 703 g/mol. The van der Waals surface area contributed by atoms with E-state index in [0.717, 1.165) is 39.1 Å². The summed E-state index contributed by atoms with van der Waals surface area (Å²) in [6.07, 6.45) is 0. The van der Waals surface area contributed by atoms with E-state index in [1.165, 1.54) is 42.1 Å². The van der Waals surface area contributed by atoms with Gasteiger partial charge in [0.1, 0.15) is 5.69 Å². The molecular formula is C50H31N5S. The van der Waals surface area contributed by atoms with Crippen LogP contribution in [0.3, 0.4) is 0 Å². The molecule has 0 spiro atoms. The Morgan fingerprint density at radius 2 is 0.929 bits per heavy atom. The van der Waals surface area contributed by atoms with Gasteiger partial charge in [0.2, 0.25) is 0 Å². The van der Waals surface area contributed by atoms with Gasteiger partial charge in [0.25, 0.3) is 0 Å². The minimum Gasteiger partial charge on any atom is -0.309 e. The standard InChI is InChI=1S/C50H31N5S/c1-4-15-32(16-5-1)35-27-28-38-37-21-10-12-25-42(37)55(43(38)29-35)44-30-36(31-46-47(44)39-22-11-13-26-45(39)56-46)40-23-14-24-41(51-40)50-53-48(33-17-6-2-7-18-33)52-49(54-50)34-19-8-3-9-20-34/h1-31H. The predicted molar refractivity (Wildman–Crippen MR) is 232 cm³/mol. The Morgan fingerprint density at radius 3 is 1.66 bits per heavy atom. The molecule has 0 saturated carbocycles. The van der Waals surface area contributed by atoms with E-state index in [1.54, 1.807) is 0 Å². The summed E-state index contributed by atoms with van der Waals surface area (Å²) in [6.45, 7) is 0. The molecule has 0 aliphatic carbocycles. The van der Waals surface area contributed by atoms with Crippen molar-refractivity contribution in [3.05, 3.63) is 188 Å². The molecule has 11 rings (SSSR count). The normalized spacial score (nSPS) is 11.6. The zero-order valence-corrected chi connectivity index (χ0v) is 30.9. The zero-order valence-electron chi connectivity index (χ0n) is 30.0. The van der Waals surface area contributed by atoms with E-state index in [2.05, 4.69) is 120 Å². The van der Waals surface area contributed by atoms with Gasteiger partial charge in [-0.3, -0.25) is 0 Å². The monoisotopic (exact) mass is 733 g/mol. The lowest BCUT2D eigenvalue weighted by Crippen LogP contribution is -2.01. The average molecular weight is 734 g/mol. The smallest absolute Gasteiger partial charge is 0.182 e. The fraction of sp³-hybridized carbons (Fsp3) is 0. The third-order valence-electron chi connectivity index (χ3n) is 10.5. The number of nitrogens with zero attached hydrogens (tertiary/aromatic N) is 5. The molecule has 6 heteroatoms. The van der Waals surface area contributed by atoms with Crippen molar-refractivity contribution >= 4 is 53.3 Å². The van der Waals surface area contributed by atoms with Crippen LogP contribution in [0.4, 0.5) is 0 Å². The van der Waals surface area contributed by atoms with Crippen LogP contribution in [0.2, 0.25) is 0 Å². The van der Waals surface area contributed by atoms with Crippen LogP contribution in [0.25, 0.3) is 104 Å². The molecule has 0 N–H and O–H groups in total. The molecule has 0 unspecified atom stereocenters. The maximum absolute atomic E-state index is 5.29. The Balaban J connectivity index is 1.14. The molecule has 4 aromatic heterocycles. The molecule has 0 saturated heterocycles. The van der Waals surface area contributed by atoms with Crippen molar-refractivity contribution in [1.82, 2.24) is 24.5 Å². The van der Waals surface area contributed by atoms with Crippen molar-refractivity contribution in [2.24, 2.45) is 0 Å². The summed E-state index contributed by atoms with van der Waals surface area (Å²) in [6, 6.07) is 65.7. The first kappa shape index (κ1) is 32.2. The summed E-state index contributed by atoms with van der Waals surface area (Å²) >= 11 is 1.82. The topological polar surface area (TPSA) is 56.5 Å². The van der Waals surface area contributed by atoms with Crippen molar-refractivity contribution in [2.45, 2.75) is 0 Å². The Morgan fingerprint density at radius 1 is 0.339 bits per heavy atom. The number of rotatable bonds is 6. The van der Waals surface area contributed by atoms with Crippen LogP contribution < -0.4 is 0 Å². The van der Waals surface area contributed by atoms with E-state index in [1.807, 2.05) is 84.1 Å². The predicted octanol–water partition coefficient (Wildman–Crippen LogP) is 13.1. The van der Waals surface area contributed by atoms with Gasteiger partial charge in [-0.05, 0) is 53.6 Å². The molecule has 7 aromatic carbocycles. The number of hydrogen-bond acceptors (Lipinski definition) is 5. The lowest BCUT2D eigenvalue weighted by molar-refractivity contribution is 1.06. The fourth-order valence-corrected chi connectivity index (χ4v) is 9.01. The molecule has 56 heavy (non-hydrogen) atoms. The Hall–Kier alpha value is -7.28. The largest absolute Gasteiger partial charge is 0.309 e. The van der Waals surface area contributed by atoms with E-state index < -0.39 is 0 Å². The molecule has 4 heterocycles. The van der Waals surface area contributed by atoms with Crippen LogP contribution in [0.5, 0.6) is 0 Å². The summed E-state index contributed by atoms with van der Waals surface area (Å²) in [5.74, 6) is 1.74. The first-order valence-electron chi connectivity index (χ1n) is 18.6. The number of aromatic nitrogens is 5. The van der Waals surface area contributed by atoms with Gasteiger partial charge in [-0.15, -0.1) is 11.3 Å². The van der Waals surface area contributed by atoms with Crippen molar-refractivity contribution in [2.75, 3.05) is 0 Å². The zero-order chi connectivity index (χ0) is 37.0. The fourth-order valence-electron chi connectivity index (χ4n) is 7.84.